The van der Waals surface area contributed by atoms with Gasteiger partial charge in [0.1, 0.15) is 5.75 Å². The van der Waals surface area contributed by atoms with Crippen LogP contribution in [0.2, 0.25) is 5.02 Å². The minimum atomic E-state index is -0.929. The van der Waals surface area contributed by atoms with E-state index in [9.17, 15) is 14.4 Å². The van der Waals surface area contributed by atoms with Gasteiger partial charge in [-0.05, 0) is 66.6 Å². The molecule has 0 bridgehead atoms. The largest absolute Gasteiger partial charge is 0.423 e. The number of carbonyl (C=O) groups is 3. The van der Waals surface area contributed by atoms with Crippen molar-refractivity contribution >= 4 is 41.3 Å². The average Bonchev–Trinajstić information content (AvgIpc) is 2.78. The second kappa shape index (κ2) is 10.2. The Hall–Kier alpha value is -3.97. The summed E-state index contributed by atoms with van der Waals surface area (Å²) in [4.78, 5) is 35.8. The molecule has 0 aliphatic carbocycles. The zero-order valence-electron chi connectivity index (χ0n) is 16.5. The minimum absolute atomic E-state index is 0.367. The third kappa shape index (κ3) is 6.25. The first-order chi connectivity index (χ1) is 14.9. The Morgan fingerprint density at radius 2 is 1.65 bits per heavy atom. The fourth-order valence-electron chi connectivity index (χ4n) is 2.44. The molecule has 0 aliphatic rings. The maximum atomic E-state index is 12.0. The summed E-state index contributed by atoms with van der Waals surface area (Å²) in [5.74, 6) is -1.90. The third-order valence-electron chi connectivity index (χ3n) is 4.12. The number of esters is 1. The second-order valence-electron chi connectivity index (χ2n) is 6.44. The van der Waals surface area contributed by atoms with E-state index in [2.05, 4.69) is 15.8 Å². The molecule has 0 aromatic heterocycles. The van der Waals surface area contributed by atoms with Crippen LogP contribution in [0.5, 0.6) is 5.75 Å². The fourth-order valence-corrected chi connectivity index (χ4v) is 2.62. The maximum Gasteiger partial charge on any atom is 0.343 e. The van der Waals surface area contributed by atoms with Gasteiger partial charge in [0.25, 0.3) is 0 Å². The molecule has 0 unspecified atom stereocenters. The van der Waals surface area contributed by atoms with Crippen molar-refractivity contribution in [2.45, 2.75) is 6.92 Å². The van der Waals surface area contributed by atoms with Crippen molar-refractivity contribution in [1.29, 1.82) is 0 Å². The van der Waals surface area contributed by atoms with Gasteiger partial charge in [-0.1, -0.05) is 35.9 Å². The summed E-state index contributed by atoms with van der Waals surface area (Å²) in [7, 11) is 0. The number of carbonyl (C=O) groups excluding carboxylic acids is 3. The van der Waals surface area contributed by atoms with Crippen LogP contribution < -0.4 is 15.5 Å². The molecule has 0 aliphatic heterocycles. The van der Waals surface area contributed by atoms with E-state index in [1.807, 2.05) is 13.0 Å². The molecular formula is C23H18ClN3O4. The molecule has 0 fully saturated rings. The number of hydrazone groups is 1. The van der Waals surface area contributed by atoms with Crippen LogP contribution in [0.1, 0.15) is 21.5 Å². The van der Waals surface area contributed by atoms with Crippen LogP contribution in [-0.2, 0) is 9.59 Å². The van der Waals surface area contributed by atoms with Crippen LogP contribution >= 0.6 is 11.6 Å². The summed E-state index contributed by atoms with van der Waals surface area (Å²) < 4.78 is 5.29. The van der Waals surface area contributed by atoms with Gasteiger partial charge < -0.3 is 10.1 Å². The molecule has 2 amide bonds. The monoisotopic (exact) mass is 435 g/mol. The summed E-state index contributed by atoms with van der Waals surface area (Å²) in [6.45, 7) is 1.83. The van der Waals surface area contributed by atoms with Crippen molar-refractivity contribution in [3.8, 4) is 5.75 Å². The smallest absolute Gasteiger partial charge is 0.343 e. The lowest BCUT2D eigenvalue weighted by molar-refractivity contribution is -0.136. The van der Waals surface area contributed by atoms with Crippen LogP contribution in [0.15, 0.2) is 77.9 Å². The average molecular weight is 436 g/mol. The number of hydrogen-bond donors (Lipinski definition) is 2. The van der Waals surface area contributed by atoms with Gasteiger partial charge in [0.05, 0.1) is 11.8 Å². The van der Waals surface area contributed by atoms with E-state index in [0.717, 1.165) is 5.56 Å². The van der Waals surface area contributed by atoms with Crippen molar-refractivity contribution in [2.24, 2.45) is 5.10 Å². The van der Waals surface area contributed by atoms with Gasteiger partial charge >= 0.3 is 17.8 Å². The number of nitrogens with zero attached hydrogens (tertiary/aromatic N) is 1. The van der Waals surface area contributed by atoms with Crippen molar-refractivity contribution in [3.05, 3.63) is 94.5 Å². The molecule has 3 aromatic rings. The highest BCUT2D eigenvalue weighted by Crippen LogP contribution is 2.19. The van der Waals surface area contributed by atoms with Crippen molar-refractivity contribution in [2.75, 3.05) is 5.32 Å². The van der Waals surface area contributed by atoms with Gasteiger partial charge in [-0.3, -0.25) is 9.59 Å². The van der Waals surface area contributed by atoms with Gasteiger partial charge in [-0.2, -0.15) is 5.10 Å². The molecule has 0 heterocycles. The first-order valence-corrected chi connectivity index (χ1v) is 9.58. The van der Waals surface area contributed by atoms with E-state index >= 15 is 0 Å². The van der Waals surface area contributed by atoms with Crippen molar-refractivity contribution in [3.63, 3.8) is 0 Å². The summed E-state index contributed by atoms with van der Waals surface area (Å²) in [5, 5.41) is 6.68. The Balaban J connectivity index is 1.51. The number of aryl methyl sites for hydroxylation is 1. The van der Waals surface area contributed by atoms with Gasteiger partial charge in [-0.15, -0.1) is 0 Å². The summed E-state index contributed by atoms with van der Waals surface area (Å²) in [6.07, 6.45) is 1.36. The topological polar surface area (TPSA) is 96.9 Å². The van der Waals surface area contributed by atoms with Gasteiger partial charge in [0.2, 0.25) is 0 Å². The quantitative estimate of drug-likeness (QED) is 0.208. The summed E-state index contributed by atoms with van der Waals surface area (Å²) >= 11 is 6.00. The van der Waals surface area contributed by atoms with Crippen LogP contribution in [0.4, 0.5) is 5.69 Å². The second-order valence-corrected chi connectivity index (χ2v) is 6.85. The number of halogens is 1. The molecule has 3 aromatic carbocycles. The normalized spacial score (nSPS) is 10.5. The molecule has 7 nitrogen and oxygen atoms in total. The van der Waals surface area contributed by atoms with E-state index < -0.39 is 17.8 Å². The molecule has 0 spiro atoms. The Labute approximate surface area is 183 Å². The minimum Gasteiger partial charge on any atom is -0.423 e. The van der Waals surface area contributed by atoms with Crippen LogP contribution in [0.25, 0.3) is 0 Å². The highest BCUT2D eigenvalue weighted by Gasteiger charge is 2.13. The molecule has 156 valence electrons. The molecule has 0 radical (unpaired) electrons. The summed E-state index contributed by atoms with van der Waals surface area (Å²) in [6, 6.07) is 20.1. The molecule has 2 N–H and O–H groups in total. The predicted molar refractivity (Wildman–Crippen MR) is 118 cm³/mol. The lowest BCUT2D eigenvalue weighted by Gasteiger charge is -2.06. The van der Waals surface area contributed by atoms with Crippen LogP contribution in [0, 0.1) is 6.92 Å². The summed E-state index contributed by atoms with van der Waals surface area (Å²) in [5.41, 5.74) is 4.48. The Morgan fingerprint density at radius 1 is 0.935 bits per heavy atom. The molecule has 0 saturated carbocycles. The molecule has 0 atom stereocenters. The number of rotatable bonds is 5. The molecule has 3 rings (SSSR count). The standard InChI is InChI=1S/C23H18ClN3O4/c1-15-7-10-18(13-20(15)24)26-21(28)22(29)27-25-14-16-8-11-19(12-9-16)31-23(30)17-5-3-2-4-6-17/h2-14H,1H3,(H,26,28)(H,27,29). The Morgan fingerprint density at radius 3 is 2.32 bits per heavy atom. The van der Waals surface area contributed by atoms with E-state index in [-0.39, 0.29) is 0 Å². The zero-order valence-corrected chi connectivity index (χ0v) is 17.2. The van der Waals surface area contributed by atoms with Crippen LogP contribution in [-0.4, -0.2) is 24.0 Å². The first-order valence-electron chi connectivity index (χ1n) is 9.20. The molecule has 31 heavy (non-hydrogen) atoms. The van der Waals surface area contributed by atoms with E-state index in [4.69, 9.17) is 16.3 Å². The SMILES string of the molecule is Cc1ccc(NC(=O)C(=O)NN=Cc2ccc(OC(=O)c3ccccc3)cc2)cc1Cl. The molecule has 8 heteroatoms. The highest BCUT2D eigenvalue weighted by molar-refractivity contribution is 6.39. The number of nitrogens with one attached hydrogen (secondary N) is 2. The number of anilines is 1. The lowest BCUT2D eigenvalue weighted by atomic mass is 10.2. The first kappa shape index (κ1) is 21.7. The Bertz CT molecular complexity index is 1130. The highest BCUT2D eigenvalue weighted by atomic mass is 35.5. The van der Waals surface area contributed by atoms with E-state index in [1.165, 1.54) is 6.21 Å². The number of hydrogen-bond acceptors (Lipinski definition) is 5. The van der Waals surface area contributed by atoms with Crippen molar-refractivity contribution in [1.82, 2.24) is 5.43 Å². The van der Waals surface area contributed by atoms with Gasteiger partial charge in [-0.25, -0.2) is 10.2 Å². The molecule has 0 saturated heterocycles. The maximum absolute atomic E-state index is 12.0. The van der Waals surface area contributed by atoms with Gasteiger partial charge in [0.15, 0.2) is 0 Å². The van der Waals surface area contributed by atoms with E-state index in [0.29, 0.717) is 27.6 Å². The predicted octanol–water partition coefficient (Wildman–Crippen LogP) is 3.96. The zero-order chi connectivity index (χ0) is 22.2. The molecular weight excluding hydrogens is 418 g/mol. The number of ether oxygens (including phenoxy) is 1. The van der Waals surface area contributed by atoms with Crippen LogP contribution in [0.3, 0.4) is 0 Å². The van der Waals surface area contributed by atoms with E-state index in [1.54, 1.807) is 66.7 Å². The third-order valence-corrected chi connectivity index (χ3v) is 4.52. The van der Waals surface area contributed by atoms with Gasteiger partial charge in [0, 0.05) is 10.7 Å². The number of benzene rings is 3. The fraction of sp³-hybridized carbons (Fsp3) is 0.0435. The lowest BCUT2D eigenvalue weighted by Crippen LogP contribution is -2.32. The number of amides is 2. The van der Waals surface area contributed by atoms with Crippen molar-refractivity contribution < 1.29 is 19.1 Å². The Kier molecular flexibility index (Phi) is 7.13.